The van der Waals surface area contributed by atoms with E-state index in [-0.39, 0.29) is 0 Å². The van der Waals surface area contributed by atoms with E-state index >= 15 is 0 Å². The molecule has 0 aliphatic rings. The minimum Gasteiger partial charge on any atom is -0.454 e. The molecule has 5 heteroatoms. The number of rotatable bonds is 3. The van der Waals surface area contributed by atoms with Gasteiger partial charge >= 0.3 is 0 Å². The Morgan fingerprint density at radius 3 is 1.95 bits per heavy atom. The lowest BCUT2D eigenvalue weighted by molar-refractivity contribution is 0.650. The van der Waals surface area contributed by atoms with Gasteiger partial charge in [0.05, 0.1) is 16.4 Å². The Bertz CT molecular complexity index is 2410. The fourth-order valence-corrected chi connectivity index (χ4v) is 6.00. The fraction of sp³-hybridized carbons (Fsp3) is 0. The molecule has 5 aromatic carbocycles. The molecule has 0 aliphatic carbocycles. The number of nitrogens with zero attached hydrogens (tertiary/aromatic N) is 3. The Hall–Kier alpha value is -5.68. The molecule has 0 N–H and O–H groups in total. The molecular weight excluding hydrogens is 506 g/mol. The Kier molecular flexibility index (Phi) is 4.55. The summed E-state index contributed by atoms with van der Waals surface area (Å²) in [5, 5.41) is 4.10. The van der Waals surface area contributed by atoms with Crippen molar-refractivity contribution in [1.29, 1.82) is 0 Å². The van der Waals surface area contributed by atoms with Crippen LogP contribution in [-0.4, -0.2) is 14.5 Å². The maximum Gasteiger partial charge on any atom is 0.228 e. The zero-order valence-electron chi connectivity index (χ0n) is 21.8. The molecule has 4 heterocycles. The van der Waals surface area contributed by atoms with E-state index in [9.17, 15) is 0 Å². The first-order chi connectivity index (χ1) is 20.3. The topological polar surface area (TPSA) is 57.0 Å². The SMILES string of the molecule is c1ccc(-n2c(-c3ccc(-c4nc5oc6ccccc6c5c5c4oc4ccccc45)cc3)nc3ccccc32)cc1. The maximum atomic E-state index is 6.48. The maximum absolute atomic E-state index is 6.48. The van der Waals surface area contributed by atoms with E-state index < -0.39 is 0 Å². The molecule has 41 heavy (non-hydrogen) atoms. The summed E-state index contributed by atoms with van der Waals surface area (Å²) in [7, 11) is 0. The van der Waals surface area contributed by atoms with Gasteiger partial charge in [-0.05, 0) is 36.4 Å². The average molecular weight is 528 g/mol. The number of pyridine rings is 1. The molecule has 0 fully saturated rings. The Morgan fingerprint density at radius 2 is 1.15 bits per heavy atom. The summed E-state index contributed by atoms with van der Waals surface area (Å²) < 4.78 is 15.0. The smallest absolute Gasteiger partial charge is 0.228 e. The Labute approximate surface area is 233 Å². The summed E-state index contributed by atoms with van der Waals surface area (Å²) in [6.45, 7) is 0. The predicted molar refractivity (Wildman–Crippen MR) is 164 cm³/mol. The highest BCUT2D eigenvalue weighted by molar-refractivity contribution is 6.26. The highest BCUT2D eigenvalue weighted by Gasteiger charge is 2.22. The van der Waals surface area contributed by atoms with E-state index in [0.717, 1.165) is 77.7 Å². The molecule has 0 spiro atoms. The van der Waals surface area contributed by atoms with Crippen LogP contribution in [-0.2, 0) is 0 Å². The minimum atomic E-state index is 0.607. The minimum absolute atomic E-state index is 0.607. The van der Waals surface area contributed by atoms with E-state index in [2.05, 4.69) is 83.4 Å². The van der Waals surface area contributed by atoms with Crippen molar-refractivity contribution in [2.24, 2.45) is 0 Å². The van der Waals surface area contributed by atoms with Gasteiger partial charge in [0.25, 0.3) is 0 Å². The summed E-state index contributed by atoms with van der Waals surface area (Å²) in [5.41, 5.74) is 8.82. The van der Waals surface area contributed by atoms with Crippen molar-refractivity contribution in [3.8, 4) is 28.3 Å². The third kappa shape index (κ3) is 3.23. The second kappa shape index (κ2) is 8.41. The largest absolute Gasteiger partial charge is 0.454 e. The van der Waals surface area contributed by atoms with Crippen molar-refractivity contribution >= 4 is 55.0 Å². The van der Waals surface area contributed by atoms with Crippen molar-refractivity contribution in [2.45, 2.75) is 0 Å². The van der Waals surface area contributed by atoms with Gasteiger partial charge in [0.2, 0.25) is 5.71 Å². The lowest BCUT2D eigenvalue weighted by Crippen LogP contribution is -1.97. The van der Waals surface area contributed by atoms with Crippen LogP contribution in [0.15, 0.2) is 136 Å². The molecular formula is C36H21N3O2. The lowest BCUT2D eigenvalue weighted by atomic mass is 10.0. The molecule has 0 saturated carbocycles. The van der Waals surface area contributed by atoms with Crippen molar-refractivity contribution in [3.63, 3.8) is 0 Å². The van der Waals surface area contributed by atoms with Crippen molar-refractivity contribution in [3.05, 3.63) is 127 Å². The number of aromatic nitrogens is 3. The molecule has 0 amide bonds. The first-order valence-electron chi connectivity index (χ1n) is 13.6. The van der Waals surface area contributed by atoms with Gasteiger partial charge in [0.15, 0.2) is 5.58 Å². The van der Waals surface area contributed by atoms with Gasteiger partial charge in [-0.25, -0.2) is 9.97 Å². The van der Waals surface area contributed by atoms with Crippen LogP contribution in [0.5, 0.6) is 0 Å². The summed E-state index contributed by atoms with van der Waals surface area (Å²) in [6.07, 6.45) is 0. The predicted octanol–water partition coefficient (Wildman–Crippen LogP) is 9.55. The van der Waals surface area contributed by atoms with Crippen LogP contribution < -0.4 is 0 Å². The number of furan rings is 2. The molecule has 0 unspecified atom stereocenters. The van der Waals surface area contributed by atoms with Crippen molar-refractivity contribution in [2.75, 3.05) is 0 Å². The molecule has 0 bridgehead atoms. The Balaban J connectivity index is 1.27. The summed E-state index contributed by atoms with van der Waals surface area (Å²) in [6, 6.07) is 43.2. The van der Waals surface area contributed by atoms with Gasteiger partial charge < -0.3 is 8.83 Å². The first kappa shape index (κ1) is 22.2. The summed E-state index contributed by atoms with van der Waals surface area (Å²) in [5.74, 6) is 0.888. The molecule has 5 nitrogen and oxygen atoms in total. The number of imidazole rings is 1. The van der Waals surface area contributed by atoms with Crippen LogP contribution >= 0.6 is 0 Å². The van der Waals surface area contributed by atoms with Crippen LogP contribution in [0.3, 0.4) is 0 Å². The average Bonchev–Trinajstić information content (AvgIpc) is 3.72. The van der Waals surface area contributed by atoms with E-state index in [0.29, 0.717) is 5.71 Å². The summed E-state index contributed by atoms with van der Waals surface area (Å²) >= 11 is 0. The van der Waals surface area contributed by atoms with Gasteiger partial charge in [-0.3, -0.25) is 4.57 Å². The lowest BCUT2D eigenvalue weighted by Gasteiger charge is -2.10. The molecule has 9 rings (SSSR count). The van der Waals surface area contributed by atoms with Crippen LogP contribution in [0, 0.1) is 0 Å². The van der Waals surface area contributed by atoms with Gasteiger partial charge in [-0.2, -0.15) is 0 Å². The van der Waals surface area contributed by atoms with Crippen molar-refractivity contribution < 1.29 is 8.83 Å². The molecule has 0 radical (unpaired) electrons. The number of benzene rings is 5. The molecule has 9 aromatic rings. The highest BCUT2D eigenvalue weighted by atomic mass is 16.3. The normalized spacial score (nSPS) is 11.9. The fourth-order valence-electron chi connectivity index (χ4n) is 6.00. The molecule has 0 aliphatic heterocycles. The zero-order chi connectivity index (χ0) is 26.9. The van der Waals surface area contributed by atoms with E-state index in [1.165, 1.54) is 0 Å². The second-order valence-corrected chi connectivity index (χ2v) is 10.2. The van der Waals surface area contributed by atoms with Gasteiger partial charge in [-0.15, -0.1) is 0 Å². The van der Waals surface area contributed by atoms with Gasteiger partial charge in [-0.1, -0.05) is 91.0 Å². The third-order valence-corrected chi connectivity index (χ3v) is 7.84. The van der Waals surface area contributed by atoms with Crippen LogP contribution in [0.2, 0.25) is 0 Å². The standard InChI is InChI=1S/C36H21N3O2/c1-2-10-24(11-3-1)39-28-15-7-6-14-27(28)37-35(39)23-20-18-22(19-21-23)33-34-31(25-12-4-8-16-29(25)40-34)32-26-13-5-9-17-30(26)41-36(32)38-33/h1-21H. The Morgan fingerprint density at radius 1 is 0.512 bits per heavy atom. The summed E-state index contributed by atoms with van der Waals surface area (Å²) in [4.78, 5) is 10.0. The van der Waals surface area contributed by atoms with Crippen LogP contribution in [0.4, 0.5) is 0 Å². The first-order valence-corrected chi connectivity index (χ1v) is 13.6. The number of hydrogen-bond donors (Lipinski definition) is 0. The van der Waals surface area contributed by atoms with E-state index in [1.807, 2.05) is 48.5 Å². The second-order valence-electron chi connectivity index (χ2n) is 10.2. The van der Waals surface area contributed by atoms with Crippen molar-refractivity contribution in [1.82, 2.24) is 14.5 Å². The zero-order valence-corrected chi connectivity index (χ0v) is 21.8. The van der Waals surface area contributed by atoms with E-state index in [1.54, 1.807) is 0 Å². The molecule has 192 valence electrons. The number of para-hydroxylation sites is 5. The molecule has 0 saturated heterocycles. The quantitative estimate of drug-likeness (QED) is 0.230. The number of fused-ring (bicyclic) bond motifs is 8. The number of hydrogen-bond acceptors (Lipinski definition) is 4. The molecule has 0 atom stereocenters. The highest BCUT2D eigenvalue weighted by Crippen LogP contribution is 2.43. The molecule has 4 aromatic heterocycles. The van der Waals surface area contributed by atoms with Crippen LogP contribution in [0.25, 0.3) is 83.4 Å². The third-order valence-electron chi connectivity index (χ3n) is 7.84. The van der Waals surface area contributed by atoms with Gasteiger partial charge in [0, 0.05) is 33.0 Å². The van der Waals surface area contributed by atoms with Crippen LogP contribution in [0.1, 0.15) is 0 Å². The van der Waals surface area contributed by atoms with E-state index in [4.69, 9.17) is 18.8 Å². The van der Waals surface area contributed by atoms with Gasteiger partial charge in [0.1, 0.15) is 22.7 Å². The monoisotopic (exact) mass is 527 g/mol.